The molecule has 3 aromatic rings. The summed E-state index contributed by atoms with van der Waals surface area (Å²) in [6.45, 7) is 5.59. The minimum Gasteiger partial charge on any atom is -0.490 e. The van der Waals surface area contributed by atoms with Gasteiger partial charge in [0, 0.05) is 36.4 Å². The summed E-state index contributed by atoms with van der Waals surface area (Å²) in [7, 11) is 0. The molecule has 5 nitrogen and oxygen atoms in total. The van der Waals surface area contributed by atoms with E-state index in [0.717, 1.165) is 5.52 Å². The molecule has 0 unspecified atom stereocenters. The molecule has 2 aromatic carbocycles. The van der Waals surface area contributed by atoms with Gasteiger partial charge in [-0.25, -0.2) is 0 Å². The molecule has 26 heavy (non-hydrogen) atoms. The lowest BCUT2D eigenvalue weighted by Crippen LogP contribution is -2.14. The Morgan fingerprint density at radius 1 is 1.00 bits per heavy atom. The molecule has 5 heteroatoms. The van der Waals surface area contributed by atoms with E-state index < -0.39 is 0 Å². The molecule has 0 spiro atoms. The molecular formula is C21H24N2O3. The Bertz CT molecular complexity index is 886. The van der Waals surface area contributed by atoms with Gasteiger partial charge in [-0.05, 0) is 43.5 Å². The van der Waals surface area contributed by atoms with Gasteiger partial charge in [0.25, 0.3) is 0 Å². The second-order valence-corrected chi connectivity index (χ2v) is 5.89. The standard InChI is InChI=1S/C21H24N2O3/c1-3-25-19-10-9-17(15-20(19)26-4-2)22-21(24)12-14-23-13-11-16-7-5-6-8-18(16)23/h5-11,13,15H,3-4,12,14H2,1-2H3,(H,22,24). The maximum absolute atomic E-state index is 12.3. The first-order chi connectivity index (χ1) is 12.7. The Balaban J connectivity index is 1.63. The van der Waals surface area contributed by atoms with Crippen LogP contribution in [0.3, 0.4) is 0 Å². The highest BCUT2D eigenvalue weighted by molar-refractivity contribution is 5.91. The molecule has 0 saturated carbocycles. The van der Waals surface area contributed by atoms with E-state index >= 15 is 0 Å². The number of benzene rings is 2. The molecule has 0 aliphatic rings. The maximum Gasteiger partial charge on any atom is 0.226 e. The summed E-state index contributed by atoms with van der Waals surface area (Å²) in [6, 6.07) is 15.7. The minimum absolute atomic E-state index is 0.0330. The summed E-state index contributed by atoms with van der Waals surface area (Å²) in [6.07, 6.45) is 2.41. The number of ether oxygens (including phenoxy) is 2. The Kier molecular flexibility index (Phi) is 5.79. The van der Waals surface area contributed by atoms with Crippen LogP contribution in [0.1, 0.15) is 20.3 Å². The fraction of sp³-hybridized carbons (Fsp3) is 0.286. The van der Waals surface area contributed by atoms with Gasteiger partial charge in [0.2, 0.25) is 5.91 Å². The number of hydrogen-bond acceptors (Lipinski definition) is 3. The zero-order valence-corrected chi connectivity index (χ0v) is 15.2. The van der Waals surface area contributed by atoms with Crippen molar-refractivity contribution in [3.05, 3.63) is 54.7 Å². The van der Waals surface area contributed by atoms with Crippen LogP contribution in [0, 0.1) is 0 Å². The molecule has 1 heterocycles. The van der Waals surface area contributed by atoms with Crippen molar-refractivity contribution in [3.63, 3.8) is 0 Å². The molecule has 136 valence electrons. The Morgan fingerprint density at radius 2 is 1.77 bits per heavy atom. The van der Waals surface area contributed by atoms with E-state index in [1.54, 1.807) is 6.07 Å². The van der Waals surface area contributed by atoms with Crippen molar-refractivity contribution in [2.75, 3.05) is 18.5 Å². The van der Waals surface area contributed by atoms with Crippen LogP contribution < -0.4 is 14.8 Å². The number of rotatable bonds is 8. The second kappa shape index (κ2) is 8.43. The summed E-state index contributed by atoms with van der Waals surface area (Å²) < 4.78 is 13.2. The summed E-state index contributed by atoms with van der Waals surface area (Å²) >= 11 is 0. The number of anilines is 1. The van der Waals surface area contributed by atoms with Gasteiger partial charge < -0.3 is 19.4 Å². The van der Waals surface area contributed by atoms with Crippen LogP contribution >= 0.6 is 0 Å². The number of para-hydroxylation sites is 1. The number of carbonyl (C=O) groups is 1. The highest BCUT2D eigenvalue weighted by Gasteiger charge is 2.09. The van der Waals surface area contributed by atoms with Crippen molar-refractivity contribution < 1.29 is 14.3 Å². The van der Waals surface area contributed by atoms with Gasteiger partial charge in [-0.3, -0.25) is 4.79 Å². The Labute approximate surface area is 153 Å². The van der Waals surface area contributed by atoms with Gasteiger partial charge >= 0.3 is 0 Å². The summed E-state index contributed by atoms with van der Waals surface area (Å²) in [4.78, 5) is 12.3. The number of carbonyl (C=O) groups excluding carboxylic acids is 1. The average molecular weight is 352 g/mol. The molecule has 0 aliphatic carbocycles. The summed E-state index contributed by atoms with van der Waals surface area (Å²) in [5.41, 5.74) is 1.85. The topological polar surface area (TPSA) is 52.5 Å². The first-order valence-electron chi connectivity index (χ1n) is 8.94. The monoisotopic (exact) mass is 352 g/mol. The van der Waals surface area contributed by atoms with Crippen LogP contribution in [0.5, 0.6) is 11.5 Å². The first kappa shape index (κ1) is 17.9. The van der Waals surface area contributed by atoms with Crippen LogP contribution in [0.2, 0.25) is 0 Å². The van der Waals surface area contributed by atoms with E-state index in [2.05, 4.69) is 28.1 Å². The molecule has 0 saturated heterocycles. The summed E-state index contributed by atoms with van der Waals surface area (Å²) in [5.74, 6) is 1.30. The third-order valence-corrected chi connectivity index (χ3v) is 4.09. The van der Waals surface area contributed by atoms with Crippen molar-refractivity contribution in [2.45, 2.75) is 26.8 Å². The number of aryl methyl sites for hydroxylation is 1. The van der Waals surface area contributed by atoms with Gasteiger partial charge in [0.1, 0.15) is 0 Å². The quantitative estimate of drug-likeness (QED) is 0.651. The molecule has 0 bridgehead atoms. The van der Waals surface area contributed by atoms with E-state index in [1.165, 1.54) is 5.39 Å². The highest BCUT2D eigenvalue weighted by atomic mass is 16.5. The molecule has 1 amide bonds. The number of nitrogens with one attached hydrogen (secondary N) is 1. The smallest absolute Gasteiger partial charge is 0.226 e. The minimum atomic E-state index is -0.0330. The van der Waals surface area contributed by atoms with Gasteiger partial charge in [0.05, 0.1) is 13.2 Å². The van der Waals surface area contributed by atoms with Gasteiger partial charge in [0.15, 0.2) is 11.5 Å². The normalized spacial score (nSPS) is 10.7. The summed E-state index contributed by atoms with van der Waals surface area (Å²) in [5, 5.41) is 4.11. The molecule has 0 atom stereocenters. The molecule has 1 N–H and O–H groups in total. The highest BCUT2D eigenvalue weighted by Crippen LogP contribution is 2.30. The van der Waals surface area contributed by atoms with Crippen molar-refractivity contribution in [1.82, 2.24) is 4.57 Å². The van der Waals surface area contributed by atoms with Crippen LogP contribution in [-0.2, 0) is 11.3 Å². The van der Waals surface area contributed by atoms with Gasteiger partial charge in [-0.1, -0.05) is 18.2 Å². The number of amides is 1. The first-order valence-corrected chi connectivity index (χ1v) is 8.94. The molecule has 3 rings (SSSR count). The lowest BCUT2D eigenvalue weighted by Gasteiger charge is -2.13. The van der Waals surface area contributed by atoms with E-state index in [4.69, 9.17) is 9.47 Å². The van der Waals surface area contributed by atoms with E-state index in [1.807, 2.05) is 44.3 Å². The van der Waals surface area contributed by atoms with E-state index in [0.29, 0.717) is 43.4 Å². The van der Waals surface area contributed by atoms with Crippen LogP contribution in [-0.4, -0.2) is 23.7 Å². The molecule has 0 radical (unpaired) electrons. The zero-order valence-electron chi connectivity index (χ0n) is 15.2. The predicted octanol–water partition coefficient (Wildman–Crippen LogP) is 4.47. The van der Waals surface area contributed by atoms with Gasteiger partial charge in [-0.15, -0.1) is 0 Å². The Morgan fingerprint density at radius 3 is 2.58 bits per heavy atom. The fourth-order valence-electron chi connectivity index (χ4n) is 2.91. The van der Waals surface area contributed by atoms with Crippen molar-refractivity contribution in [3.8, 4) is 11.5 Å². The van der Waals surface area contributed by atoms with Crippen LogP contribution in [0.15, 0.2) is 54.7 Å². The van der Waals surface area contributed by atoms with Crippen LogP contribution in [0.25, 0.3) is 10.9 Å². The average Bonchev–Trinajstić information content (AvgIpc) is 3.06. The van der Waals surface area contributed by atoms with Crippen molar-refractivity contribution in [2.24, 2.45) is 0 Å². The molecular weight excluding hydrogens is 328 g/mol. The number of nitrogens with zero attached hydrogens (tertiary/aromatic N) is 1. The predicted molar refractivity (Wildman–Crippen MR) is 104 cm³/mol. The third kappa shape index (κ3) is 4.17. The molecule has 0 fully saturated rings. The van der Waals surface area contributed by atoms with E-state index in [-0.39, 0.29) is 5.91 Å². The molecule has 0 aliphatic heterocycles. The van der Waals surface area contributed by atoms with E-state index in [9.17, 15) is 4.79 Å². The second-order valence-electron chi connectivity index (χ2n) is 5.89. The third-order valence-electron chi connectivity index (χ3n) is 4.09. The van der Waals surface area contributed by atoms with Gasteiger partial charge in [-0.2, -0.15) is 0 Å². The largest absolute Gasteiger partial charge is 0.490 e. The Hall–Kier alpha value is -2.95. The zero-order chi connectivity index (χ0) is 18.4. The lowest BCUT2D eigenvalue weighted by molar-refractivity contribution is -0.116. The molecule has 1 aromatic heterocycles. The number of fused-ring (bicyclic) bond motifs is 1. The van der Waals surface area contributed by atoms with Crippen molar-refractivity contribution in [1.29, 1.82) is 0 Å². The van der Waals surface area contributed by atoms with Crippen LogP contribution in [0.4, 0.5) is 5.69 Å². The lowest BCUT2D eigenvalue weighted by atomic mass is 10.2. The fourth-order valence-corrected chi connectivity index (χ4v) is 2.91. The number of aromatic nitrogens is 1. The maximum atomic E-state index is 12.3. The number of hydrogen-bond donors (Lipinski definition) is 1. The van der Waals surface area contributed by atoms with Crippen molar-refractivity contribution >= 4 is 22.5 Å². The SMILES string of the molecule is CCOc1ccc(NC(=O)CCn2ccc3ccccc32)cc1OCC.